The van der Waals surface area contributed by atoms with Gasteiger partial charge in [0.15, 0.2) is 0 Å². The summed E-state index contributed by atoms with van der Waals surface area (Å²) in [7, 11) is 1.52. The standard InChI is InChI=1S/C15H20Cl2N2O2/c1-21-10-15(20)18-7-11-2-3-19(8-11)9-12-4-13(16)6-14(17)5-12/h4-6,11H,2-3,7-10H2,1H3,(H,18,20)/t11-/m1/s1. The Hall–Kier alpha value is -0.810. The Bertz CT molecular complexity index is 476. The maximum Gasteiger partial charge on any atom is 0.245 e. The van der Waals surface area contributed by atoms with E-state index in [0.29, 0.717) is 22.5 Å². The Balaban J connectivity index is 1.78. The first kappa shape index (κ1) is 16.6. The Kier molecular flexibility index (Phi) is 6.30. The topological polar surface area (TPSA) is 41.6 Å². The molecule has 1 N–H and O–H groups in total. The van der Waals surface area contributed by atoms with Gasteiger partial charge in [0.05, 0.1) is 0 Å². The summed E-state index contributed by atoms with van der Waals surface area (Å²) in [5.41, 5.74) is 1.12. The van der Waals surface area contributed by atoms with Gasteiger partial charge >= 0.3 is 0 Å². The first-order chi connectivity index (χ1) is 10.1. The van der Waals surface area contributed by atoms with E-state index >= 15 is 0 Å². The fourth-order valence-corrected chi connectivity index (χ4v) is 3.20. The van der Waals surface area contributed by atoms with E-state index in [2.05, 4.69) is 10.2 Å². The molecule has 0 saturated carbocycles. The first-order valence-electron chi connectivity index (χ1n) is 7.00. The number of methoxy groups -OCH3 is 1. The number of nitrogens with zero attached hydrogens (tertiary/aromatic N) is 1. The number of ether oxygens (including phenoxy) is 1. The highest BCUT2D eigenvalue weighted by Gasteiger charge is 2.22. The summed E-state index contributed by atoms with van der Waals surface area (Å²) >= 11 is 12.0. The van der Waals surface area contributed by atoms with Crippen molar-refractivity contribution in [2.45, 2.75) is 13.0 Å². The molecule has 1 saturated heterocycles. The van der Waals surface area contributed by atoms with Crippen molar-refractivity contribution >= 4 is 29.1 Å². The van der Waals surface area contributed by atoms with Crippen LogP contribution < -0.4 is 5.32 Å². The molecule has 6 heteroatoms. The summed E-state index contributed by atoms with van der Waals surface area (Å²) in [5, 5.41) is 4.23. The second-order valence-corrected chi connectivity index (χ2v) is 6.28. The number of nitrogens with one attached hydrogen (secondary N) is 1. The van der Waals surface area contributed by atoms with Gasteiger partial charge in [-0.15, -0.1) is 0 Å². The van der Waals surface area contributed by atoms with E-state index in [1.165, 1.54) is 7.11 Å². The molecule has 0 aliphatic carbocycles. The van der Waals surface area contributed by atoms with Crippen molar-refractivity contribution in [1.82, 2.24) is 10.2 Å². The van der Waals surface area contributed by atoms with Crippen LogP contribution in [0, 0.1) is 5.92 Å². The van der Waals surface area contributed by atoms with E-state index in [-0.39, 0.29) is 12.5 Å². The average Bonchev–Trinajstić information content (AvgIpc) is 2.83. The molecular formula is C15H20Cl2N2O2. The molecule has 1 aliphatic heterocycles. The van der Waals surface area contributed by atoms with Gasteiger partial charge in [0.1, 0.15) is 6.61 Å². The zero-order valence-electron chi connectivity index (χ0n) is 12.1. The molecule has 1 atom stereocenters. The van der Waals surface area contributed by atoms with Crippen LogP contribution in [0.4, 0.5) is 0 Å². The maximum absolute atomic E-state index is 11.4. The number of amides is 1. The quantitative estimate of drug-likeness (QED) is 0.871. The van der Waals surface area contributed by atoms with Crippen LogP contribution in [0.2, 0.25) is 10.0 Å². The fraction of sp³-hybridized carbons (Fsp3) is 0.533. The molecule has 1 aromatic carbocycles. The summed E-state index contributed by atoms with van der Waals surface area (Å²) in [4.78, 5) is 13.7. The monoisotopic (exact) mass is 330 g/mol. The molecule has 0 bridgehead atoms. The van der Waals surface area contributed by atoms with Gasteiger partial charge in [-0.05, 0) is 42.6 Å². The van der Waals surface area contributed by atoms with Crippen molar-refractivity contribution in [1.29, 1.82) is 0 Å². The molecule has 4 nitrogen and oxygen atoms in total. The zero-order valence-corrected chi connectivity index (χ0v) is 13.6. The van der Waals surface area contributed by atoms with Gasteiger partial charge in [-0.2, -0.15) is 0 Å². The van der Waals surface area contributed by atoms with Crippen molar-refractivity contribution in [3.63, 3.8) is 0 Å². The number of hydrogen-bond donors (Lipinski definition) is 1. The predicted molar refractivity (Wildman–Crippen MR) is 84.7 cm³/mol. The number of carbonyl (C=O) groups excluding carboxylic acids is 1. The molecule has 0 unspecified atom stereocenters. The smallest absolute Gasteiger partial charge is 0.245 e. The Morgan fingerprint density at radius 3 is 2.76 bits per heavy atom. The highest BCUT2D eigenvalue weighted by atomic mass is 35.5. The van der Waals surface area contributed by atoms with Crippen molar-refractivity contribution in [2.75, 3.05) is 33.4 Å². The molecule has 0 aromatic heterocycles. The summed E-state index contributed by atoms with van der Waals surface area (Å²) in [6.45, 7) is 3.65. The Morgan fingerprint density at radius 1 is 1.38 bits per heavy atom. The highest BCUT2D eigenvalue weighted by molar-refractivity contribution is 6.34. The van der Waals surface area contributed by atoms with E-state index < -0.39 is 0 Å². The second kappa shape index (κ2) is 7.99. The lowest BCUT2D eigenvalue weighted by molar-refractivity contribution is -0.124. The SMILES string of the molecule is COCC(=O)NC[C@H]1CCN(Cc2cc(Cl)cc(Cl)c2)C1. The summed E-state index contributed by atoms with van der Waals surface area (Å²) < 4.78 is 4.79. The zero-order chi connectivity index (χ0) is 15.2. The second-order valence-electron chi connectivity index (χ2n) is 5.40. The summed E-state index contributed by atoms with van der Waals surface area (Å²) in [6.07, 6.45) is 1.08. The Morgan fingerprint density at radius 2 is 2.10 bits per heavy atom. The average molecular weight is 331 g/mol. The number of benzene rings is 1. The molecule has 0 radical (unpaired) electrons. The number of likely N-dealkylation sites (tertiary alicyclic amines) is 1. The predicted octanol–water partition coefficient (Wildman–Crippen LogP) is 2.58. The lowest BCUT2D eigenvalue weighted by Gasteiger charge is -2.17. The van der Waals surface area contributed by atoms with Crippen LogP contribution in [0.15, 0.2) is 18.2 Å². The molecular weight excluding hydrogens is 311 g/mol. The lowest BCUT2D eigenvalue weighted by atomic mass is 10.1. The first-order valence-corrected chi connectivity index (χ1v) is 7.75. The van der Waals surface area contributed by atoms with Crippen LogP contribution in [-0.4, -0.2) is 44.2 Å². The molecule has 1 fully saturated rings. The van der Waals surface area contributed by atoms with Crippen LogP contribution in [0.5, 0.6) is 0 Å². The van der Waals surface area contributed by atoms with Crippen LogP contribution in [0.25, 0.3) is 0 Å². The minimum atomic E-state index is -0.0578. The van der Waals surface area contributed by atoms with Crippen LogP contribution in [0.3, 0.4) is 0 Å². The van der Waals surface area contributed by atoms with Gasteiger partial charge in [-0.25, -0.2) is 0 Å². The highest BCUT2D eigenvalue weighted by Crippen LogP contribution is 2.23. The lowest BCUT2D eigenvalue weighted by Crippen LogP contribution is -2.33. The van der Waals surface area contributed by atoms with E-state index in [9.17, 15) is 4.79 Å². The van der Waals surface area contributed by atoms with Gasteiger partial charge < -0.3 is 10.1 Å². The van der Waals surface area contributed by atoms with E-state index in [4.69, 9.17) is 27.9 Å². The Labute approximate surface area is 135 Å². The van der Waals surface area contributed by atoms with Crippen molar-refractivity contribution in [3.05, 3.63) is 33.8 Å². The number of hydrogen-bond acceptors (Lipinski definition) is 3. The minimum absolute atomic E-state index is 0.0578. The third-order valence-corrected chi connectivity index (χ3v) is 4.00. The van der Waals surface area contributed by atoms with Crippen molar-refractivity contribution < 1.29 is 9.53 Å². The maximum atomic E-state index is 11.4. The van der Waals surface area contributed by atoms with Crippen LogP contribution >= 0.6 is 23.2 Å². The third kappa shape index (κ3) is 5.47. The van der Waals surface area contributed by atoms with Gasteiger partial charge in [0.25, 0.3) is 0 Å². The largest absolute Gasteiger partial charge is 0.375 e. The third-order valence-electron chi connectivity index (χ3n) is 3.56. The minimum Gasteiger partial charge on any atom is -0.375 e. The molecule has 0 spiro atoms. The molecule has 21 heavy (non-hydrogen) atoms. The van der Waals surface area contributed by atoms with Crippen LogP contribution in [0.1, 0.15) is 12.0 Å². The van der Waals surface area contributed by atoms with Crippen molar-refractivity contribution in [2.24, 2.45) is 5.92 Å². The van der Waals surface area contributed by atoms with E-state index in [0.717, 1.165) is 31.6 Å². The molecule has 2 rings (SSSR count). The van der Waals surface area contributed by atoms with E-state index in [1.54, 1.807) is 6.07 Å². The van der Waals surface area contributed by atoms with Gasteiger partial charge in [0, 0.05) is 36.8 Å². The number of halogens is 2. The molecule has 1 heterocycles. The van der Waals surface area contributed by atoms with Crippen LogP contribution in [-0.2, 0) is 16.1 Å². The molecule has 116 valence electrons. The van der Waals surface area contributed by atoms with Crippen molar-refractivity contribution in [3.8, 4) is 0 Å². The number of carbonyl (C=O) groups is 1. The number of rotatable bonds is 6. The van der Waals surface area contributed by atoms with E-state index in [1.807, 2.05) is 12.1 Å². The summed E-state index contributed by atoms with van der Waals surface area (Å²) in [6, 6.07) is 5.63. The fourth-order valence-electron chi connectivity index (χ4n) is 2.62. The summed E-state index contributed by atoms with van der Waals surface area (Å²) in [5.74, 6) is 0.429. The van der Waals surface area contributed by atoms with Gasteiger partial charge in [-0.3, -0.25) is 9.69 Å². The van der Waals surface area contributed by atoms with Gasteiger partial charge in [0.2, 0.25) is 5.91 Å². The molecule has 1 amide bonds. The molecule has 1 aromatic rings. The van der Waals surface area contributed by atoms with Gasteiger partial charge in [-0.1, -0.05) is 23.2 Å². The normalized spacial score (nSPS) is 18.9. The molecule has 1 aliphatic rings.